The number of rotatable bonds is 2. The Morgan fingerprint density at radius 3 is 3.10 bits per heavy atom. The molecule has 0 fully saturated rings. The summed E-state index contributed by atoms with van der Waals surface area (Å²) in [4.78, 5) is 3.97. The van der Waals surface area contributed by atoms with Gasteiger partial charge in [-0.3, -0.25) is 0 Å². The fourth-order valence-electron chi connectivity index (χ4n) is 0.486. The molecule has 0 aliphatic carbocycles. The van der Waals surface area contributed by atoms with Crippen LogP contribution in [0.4, 0.5) is 0 Å². The van der Waals surface area contributed by atoms with Crippen molar-refractivity contribution < 1.29 is 5.11 Å². The standard InChI is InChI=1S/C7H7NOS/c1-6(9)2-3-7-4-10-5-8-7/h2-5,9H,1H2/b3-2+. The van der Waals surface area contributed by atoms with Gasteiger partial charge in [-0.2, -0.15) is 0 Å². The fraction of sp³-hybridized carbons (Fsp3) is 0. The fourth-order valence-corrected chi connectivity index (χ4v) is 1.01. The predicted molar refractivity (Wildman–Crippen MR) is 42.9 cm³/mol. The lowest BCUT2D eigenvalue weighted by Crippen LogP contribution is -1.69. The highest BCUT2D eigenvalue weighted by molar-refractivity contribution is 7.07. The molecule has 52 valence electrons. The van der Waals surface area contributed by atoms with Crippen molar-refractivity contribution in [1.29, 1.82) is 0 Å². The van der Waals surface area contributed by atoms with Gasteiger partial charge in [0.2, 0.25) is 0 Å². The van der Waals surface area contributed by atoms with E-state index in [1.807, 2.05) is 5.38 Å². The van der Waals surface area contributed by atoms with Gasteiger partial charge in [-0.15, -0.1) is 11.3 Å². The molecule has 1 heterocycles. The molecule has 1 aromatic heterocycles. The smallest absolute Gasteiger partial charge is 0.108 e. The maximum absolute atomic E-state index is 8.65. The van der Waals surface area contributed by atoms with E-state index in [1.54, 1.807) is 11.6 Å². The minimum absolute atomic E-state index is 0.0491. The molecule has 0 bridgehead atoms. The van der Waals surface area contributed by atoms with Crippen LogP contribution in [0.2, 0.25) is 0 Å². The maximum Gasteiger partial charge on any atom is 0.108 e. The van der Waals surface area contributed by atoms with Crippen LogP contribution >= 0.6 is 11.3 Å². The van der Waals surface area contributed by atoms with Crippen LogP contribution in [0.25, 0.3) is 6.08 Å². The molecule has 0 radical (unpaired) electrons. The van der Waals surface area contributed by atoms with Crippen LogP contribution in [0.3, 0.4) is 0 Å². The Morgan fingerprint density at radius 2 is 2.60 bits per heavy atom. The molecule has 1 N–H and O–H groups in total. The van der Waals surface area contributed by atoms with E-state index < -0.39 is 0 Å². The number of aliphatic hydroxyl groups is 1. The second kappa shape index (κ2) is 3.17. The topological polar surface area (TPSA) is 33.1 Å². The summed E-state index contributed by atoms with van der Waals surface area (Å²) in [6, 6.07) is 0. The summed E-state index contributed by atoms with van der Waals surface area (Å²) in [7, 11) is 0. The Bertz CT molecular complexity index is 238. The number of hydrogen-bond acceptors (Lipinski definition) is 3. The zero-order valence-electron chi connectivity index (χ0n) is 5.32. The summed E-state index contributed by atoms with van der Waals surface area (Å²) in [6.45, 7) is 3.30. The summed E-state index contributed by atoms with van der Waals surface area (Å²) >= 11 is 1.52. The normalized spacial score (nSPS) is 10.4. The third-order valence-electron chi connectivity index (χ3n) is 0.898. The van der Waals surface area contributed by atoms with Crippen molar-refractivity contribution in [3.05, 3.63) is 35.0 Å². The van der Waals surface area contributed by atoms with E-state index in [1.165, 1.54) is 17.4 Å². The predicted octanol–water partition coefficient (Wildman–Crippen LogP) is 2.23. The van der Waals surface area contributed by atoms with Gasteiger partial charge in [-0.25, -0.2) is 4.98 Å². The summed E-state index contributed by atoms with van der Waals surface area (Å²) in [5.41, 5.74) is 2.58. The molecular weight excluding hydrogens is 146 g/mol. The molecule has 3 heteroatoms. The molecule has 0 saturated heterocycles. The van der Waals surface area contributed by atoms with E-state index >= 15 is 0 Å². The van der Waals surface area contributed by atoms with Gasteiger partial charge in [-0.05, 0) is 12.2 Å². The van der Waals surface area contributed by atoms with Crippen molar-refractivity contribution in [3.8, 4) is 0 Å². The van der Waals surface area contributed by atoms with Crippen LogP contribution in [-0.2, 0) is 0 Å². The van der Waals surface area contributed by atoms with Crippen LogP contribution in [0.15, 0.2) is 29.3 Å². The second-order valence-corrected chi connectivity index (χ2v) is 2.46. The quantitative estimate of drug-likeness (QED) is 0.522. The van der Waals surface area contributed by atoms with Gasteiger partial charge in [0, 0.05) is 5.38 Å². The van der Waals surface area contributed by atoms with Crippen LogP contribution in [0, 0.1) is 0 Å². The van der Waals surface area contributed by atoms with Crippen molar-refractivity contribution in [2.45, 2.75) is 0 Å². The van der Waals surface area contributed by atoms with Gasteiger partial charge in [0.05, 0.1) is 11.2 Å². The Kier molecular flexibility index (Phi) is 2.23. The number of nitrogens with zero attached hydrogens (tertiary/aromatic N) is 1. The van der Waals surface area contributed by atoms with E-state index in [-0.39, 0.29) is 5.76 Å². The number of hydrogen-bond donors (Lipinski definition) is 1. The minimum Gasteiger partial charge on any atom is -0.509 e. The third kappa shape index (κ3) is 2.03. The molecule has 10 heavy (non-hydrogen) atoms. The van der Waals surface area contributed by atoms with Gasteiger partial charge in [0.25, 0.3) is 0 Å². The number of allylic oxidation sites excluding steroid dienone is 1. The highest BCUT2D eigenvalue weighted by Gasteiger charge is 1.85. The molecule has 0 saturated carbocycles. The van der Waals surface area contributed by atoms with Crippen molar-refractivity contribution in [2.75, 3.05) is 0 Å². The van der Waals surface area contributed by atoms with Gasteiger partial charge in [0.1, 0.15) is 5.76 Å². The lowest BCUT2D eigenvalue weighted by atomic mass is 10.4. The van der Waals surface area contributed by atoms with Crippen LogP contribution in [0.5, 0.6) is 0 Å². The first-order valence-corrected chi connectivity index (χ1v) is 3.67. The summed E-state index contributed by atoms with van der Waals surface area (Å²) in [6.07, 6.45) is 3.22. The summed E-state index contributed by atoms with van der Waals surface area (Å²) in [5.74, 6) is 0.0491. The molecule has 0 spiro atoms. The lowest BCUT2D eigenvalue weighted by molar-refractivity contribution is 0.436. The first-order chi connectivity index (χ1) is 4.79. The maximum atomic E-state index is 8.65. The highest BCUT2D eigenvalue weighted by Crippen LogP contribution is 2.03. The van der Waals surface area contributed by atoms with Crippen LogP contribution < -0.4 is 0 Å². The summed E-state index contributed by atoms with van der Waals surface area (Å²) in [5, 5.41) is 10.5. The van der Waals surface area contributed by atoms with Gasteiger partial charge in [0.15, 0.2) is 0 Å². The van der Waals surface area contributed by atoms with Gasteiger partial charge >= 0.3 is 0 Å². The first kappa shape index (κ1) is 7.02. The Morgan fingerprint density at radius 1 is 1.80 bits per heavy atom. The largest absolute Gasteiger partial charge is 0.509 e. The molecular formula is C7H7NOS. The zero-order valence-corrected chi connectivity index (χ0v) is 6.14. The molecule has 2 nitrogen and oxygen atoms in total. The average molecular weight is 153 g/mol. The monoisotopic (exact) mass is 153 g/mol. The molecule has 0 unspecified atom stereocenters. The highest BCUT2D eigenvalue weighted by atomic mass is 32.1. The van der Waals surface area contributed by atoms with Crippen molar-refractivity contribution in [2.24, 2.45) is 0 Å². The average Bonchev–Trinajstić information content (AvgIpc) is 2.34. The summed E-state index contributed by atoms with van der Waals surface area (Å²) < 4.78 is 0. The number of aliphatic hydroxyl groups excluding tert-OH is 1. The molecule has 1 rings (SSSR count). The molecule has 0 amide bonds. The van der Waals surface area contributed by atoms with Gasteiger partial charge < -0.3 is 5.11 Å². The molecule has 0 aliphatic heterocycles. The first-order valence-electron chi connectivity index (χ1n) is 2.73. The van der Waals surface area contributed by atoms with Gasteiger partial charge in [-0.1, -0.05) is 6.58 Å². The molecule has 0 atom stereocenters. The van der Waals surface area contributed by atoms with E-state index in [0.717, 1.165) is 5.69 Å². The van der Waals surface area contributed by atoms with Crippen LogP contribution in [0.1, 0.15) is 5.69 Å². The zero-order chi connectivity index (χ0) is 7.40. The van der Waals surface area contributed by atoms with E-state index in [0.29, 0.717) is 0 Å². The second-order valence-electron chi connectivity index (χ2n) is 1.74. The Balaban J connectivity index is 2.64. The van der Waals surface area contributed by atoms with Crippen molar-refractivity contribution in [3.63, 3.8) is 0 Å². The third-order valence-corrected chi connectivity index (χ3v) is 1.50. The van der Waals surface area contributed by atoms with E-state index in [9.17, 15) is 0 Å². The molecule has 0 aromatic carbocycles. The molecule has 0 aliphatic rings. The Hall–Kier alpha value is -1.09. The SMILES string of the molecule is C=C(O)/C=C/c1cscn1. The lowest BCUT2D eigenvalue weighted by Gasteiger charge is -1.82. The van der Waals surface area contributed by atoms with Crippen molar-refractivity contribution in [1.82, 2.24) is 4.98 Å². The van der Waals surface area contributed by atoms with Crippen LogP contribution in [-0.4, -0.2) is 10.1 Å². The number of thiazole rings is 1. The number of aromatic nitrogens is 1. The Labute approximate surface area is 63.2 Å². The van der Waals surface area contributed by atoms with Crippen molar-refractivity contribution >= 4 is 17.4 Å². The van der Waals surface area contributed by atoms with E-state index in [4.69, 9.17) is 5.11 Å². The minimum atomic E-state index is 0.0491. The van der Waals surface area contributed by atoms with E-state index in [2.05, 4.69) is 11.6 Å². The molecule has 1 aromatic rings.